The van der Waals surface area contributed by atoms with Crippen LogP contribution in [-0.2, 0) is 9.59 Å². The molecule has 11 heavy (non-hydrogen) atoms. The van der Waals surface area contributed by atoms with E-state index in [2.05, 4.69) is 0 Å². The number of rotatable bonds is 3. The molecule has 1 aliphatic heterocycles. The van der Waals surface area contributed by atoms with Crippen LogP contribution in [0.1, 0.15) is 12.8 Å². The Morgan fingerprint density at radius 2 is 2.45 bits per heavy atom. The molecular formula is C7H11NO3. The second-order valence-corrected chi connectivity index (χ2v) is 2.66. The van der Waals surface area contributed by atoms with E-state index in [-0.39, 0.29) is 6.54 Å². The minimum absolute atomic E-state index is 0.247. The highest BCUT2D eigenvalue weighted by Crippen LogP contribution is 2.15. The first-order valence-electron chi connectivity index (χ1n) is 3.66. The van der Waals surface area contributed by atoms with Gasteiger partial charge >= 0.3 is 5.97 Å². The van der Waals surface area contributed by atoms with Crippen molar-refractivity contribution in [1.82, 2.24) is 4.90 Å². The molecule has 0 aliphatic carbocycles. The van der Waals surface area contributed by atoms with Crippen molar-refractivity contribution in [2.75, 3.05) is 13.1 Å². The number of carbonyl (C=O) groups excluding carboxylic acids is 1. The van der Waals surface area contributed by atoms with Crippen molar-refractivity contribution >= 4 is 12.3 Å². The first kappa shape index (κ1) is 8.20. The predicted octanol–water partition coefficient (Wildman–Crippen LogP) is -0.266. The highest BCUT2D eigenvalue weighted by atomic mass is 16.4. The van der Waals surface area contributed by atoms with Gasteiger partial charge in [0, 0.05) is 0 Å². The number of carboxylic acid groups (broad SMARTS) is 1. The summed E-state index contributed by atoms with van der Waals surface area (Å²) in [5.41, 5.74) is 0. The lowest BCUT2D eigenvalue weighted by Gasteiger charge is -2.16. The molecule has 0 aromatic carbocycles. The van der Waals surface area contributed by atoms with Gasteiger partial charge in [0.25, 0.3) is 0 Å². The van der Waals surface area contributed by atoms with Gasteiger partial charge in [-0.05, 0) is 19.4 Å². The van der Waals surface area contributed by atoms with E-state index in [1.807, 2.05) is 0 Å². The maximum atomic E-state index is 10.5. The van der Waals surface area contributed by atoms with E-state index in [0.29, 0.717) is 6.42 Å². The van der Waals surface area contributed by atoms with Crippen molar-refractivity contribution < 1.29 is 14.7 Å². The SMILES string of the molecule is O=CCN1CCC[C@H]1C(=O)O. The highest BCUT2D eigenvalue weighted by molar-refractivity contribution is 5.74. The molecule has 0 aromatic rings. The molecule has 4 heteroatoms. The molecule has 0 unspecified atom stereocenters. The van der Waals surface area contributed by atoms with Crippen LogP contribution in [0.15, 0.2) is 0 Å². The zero-order chi connectivity index (χ0) is 8.27. The number of hydrogen-bond donors (Lipinski definition) is 1. The van der Waals surface area contributed by atoms with Crippen molar-refractivity contribution in [3.05, 3.63) is 0 Å². The van der Waals surface area contributed by atoms with Crippen LogP contribution in [0.25, 0.3) is 0 Å². The van der Waals surface area contributed by atoms with Crippen LogP contribution in [-0.4, -0.2) is 41.4 Å². The third-order valence-electron chi connectivity index (χ3n) is 1.96. The molecule has 1 fully saturated rings. The van der Waals surface area contributed by atoms with Crippen molar-refractivity contribution in [2.45, 2.75) is 18.9 Å². The molecule has 1 N–H and O–H groups in total. The van der Waals surface area contributed by atoms with E-state index < -0.39 is 12.0 Å². The Kier molecular flexibility index (Phi) is 2.59. The number of carbonyl (C=O) groups is 2. The van der Waals surface area contributed by atoms with Gasteiger partial charge in [-0.1, -0.05) is 0 Å². The molecule has 0 aromatic heterocycles. The normalized spacial score (nSPS) is 25.3. The van der Waals surface area contributed by atoms with Gasteiger partial charge in [0.2, 0.25) is 0 Å². The van der Waals surface area contributed by atoms with E-state index in [4.69, 9.17) is 5.11 Å². The van der Waals surface area contributed by atoms with Crippen LogP contribution in [0, 0.1) is 0 Å². The zero-order valence-corrected chi connectivity index (χ0v) is 6.19. The van der Waals surface area contributed by atoms with Gasteiger partial charge in [-0.25, -0.2) is 0 Å². The molecule has 4 nitrogen and oxygen atoms in total. The van der Waals surface area contributed by atoms with E-state index in [1.54, 1.807) is 4.90 Å². The molecule has 62 valence electrons. The lowest BCUT2D eigenvalue weighted by molar-refractivity contribution is -0.142. The maximum absolute atomic E-state index is 10.5. The molecule has 1 atom stereocenters. The molecule has 0 amide bonds. The molecular weight excluding hydrogens is 146 g/mol. The van der Waals surface area contributed by atoms with Crippen LogP contribution in [0.4, 0.5) is 0 Å². The van der Waals surface area contributed by atoms with E-state index >= 15 is 0 Å². The minimum atomic E-state index is -0.815. The molecule has 1 rings (SSSR count). The van der Waals surface area contributed by atoms with E-state index in [9.17, 15) is 9.59 Å². The van der Waals surface area contributed by atoms with Crippen molar-refractivity contribution in [2.24, 2.45) is 0 Å². The Bertz CT molecular complexity index is 169. The van der Waals surface area contributed by atoms with Gasteiger partial charge < -0.3 is 9.90 Å². The van der Waals surface area contributed by atoms with Gasteiger partial charge in [0.1, 0.15) is 12.3 Å². The van der Waals surface area contributed by atoms with Crippen LogP contribution < -0.4 is 0 Å². The Hall–Kier alpha value is -0.900. The first-order chi connectivity index (χ1) is 5.25. The van der Waals surface area contributed by atoms with Gasteiger partial charge in [-0.15, -0.1) is 0 Å². The smallest absolute Gasteiger partial charge is 0.320 e. The van der Waals surface area contributed by atoms with E-state index in [0.717, 1.165) is 19.3 Å². The predicted molar refractivity (Wildman–Crippen MR) is 38.3 cm³/mol. The van der Waals surface area contributed by atoms with Crippen LogP contribution >= 0.6 is 0 Å². The summed E-state index contributed by atoms with van der Waals surface area (Å²) in [4.78, 5) is 22.3. The summed E-state index contributed by atoms with van der Waals surface area (Å²) in [5, 5.41) is 8.65. The monoisotopic (exact) mass is 157 g/mol. The van der Waals surface area contributed by atoms with Crippen molar-refractivity contribution in [3.63, 3.8) is 0 Å². The fourth-order valence-electron chi connectivity index (χ4n) is 1.42. The Labute approximate surface area is 64.8 Å². The largest absolute Gasteiger partial charge is 0.480 e. The van der Waals surface area contributed by atoms with Gasteiger partial charge in [0.05, 0.1) is 6.54 Å². The number of aldehydes is 1. The van der Waals surface area contributed by atoms with Gasteiger partial charge in [-0.3, -0.25) is 9.69 Å². The van der Waals surface area contributed by atoms with E-state index in [1.165, 1.54) is 0 Å². The Morgan fingerprint density at radius 3 is 3.00 bits per heavy atom. The highest BCUT2D eigenvalue weighted by Gasteiger charge is 2.29. The summed E-state index contributed by atoms with van der Waals surface area (Å²) in [5.74, 6) is -0.815. The molecule has 0 radical (unpaired) electrons. The fourth-order valence-corrected chi connectivity index (χ4v) is 1.42. The molecule has 0 spiro atoms. The number of likely N-dealkylation sites (tertiary alicyclic amines) is 1. The van der Waals surface area contributed by atoms with Crippen molar-refractivity contribution in [1.29, 1.82) is 0 Å². The maximum Gasteiger partial charge on any atom is 0.320 e. The zero-order valence-electron chi connectivity index (χ0n) is 6.19. The van der Waals surface area contributed by atoms with Crippen LogP contribution in [0.5, 0.6) is 0 Å². The second kappa shape index (κ2) is 3.48. The summed E-state index contributed by atoms with van der Waals surface area (Å²) in [6.45, 7) is 0.979. The quantitative estimate of drug-likeness (QED) is 0.573. The minimum Gasteiger partial charge on any atom is -0.480 e. The second-order valence-electron chi connectivity index (χ2n) is 2.66. The number of nitrogens with zero attached hydrogens (tertiary/aromatic N) is 1. The Balaban J connectivity index is 2.50. The van der Waals surface area contributed by atoms with Gasteiger partial charge in [-0.2, -0.15) is 0 Å². The third-order valence-corrected chi connectivity index (χ3v) is 1.96. The first-order valence-corrected chi connectivity index (χ1v) is 3.66. The number of aliphatic carboxylic acids is 1. The number of carboxylic acids is 1. The summed E-state index contributed by atoms with van der Waals surface area (Å²) in [6, 6.07) is -0.430. The molecule has 1 aliphatic rings. The van der Waals surface area contributed by atoms with Crippen LogP contribution in [0.2, 0.25) is 0 Å². The topological polar surface area (TPSA) is 57.6 Å². The summed E-state index contributed by atoms with van der Waals surface area (Å²) in [6.07, 6.45) is 2.30. The molecule has 1 saturated heterocycles. The Morgan fingerprint density at radius 1 is 1.73 bits per heavy atom. The van der Waals surface area contributed by atoms with Gasteiger partial charge in [0.15, 0.2) is 0 Å². The molecule has 0 bridgehead atoms. The lowest BCUT2D eigenvalue weighted by Crippen LogP contribution is -2.36. The third kappa shape index (κ3) is 1.77. The summed E-state index contributed by atoms with van der Waals surface area (Å²) in [7, 11) is 0. The fraction of sp³-hybridized carbons (Fsp3) is 0.714. The lowest BCUT2D eigenvalue weighted by atomic mass is 10.2. The standard InChI is InChI=1S/C7H11NO3/c9-5-4-8-3-1-2-6(8)7(10)11/h5-6H,1-4H2,(H,10,11)/t6-/m0/s1. The summed E-state index contributed by atoms with van der Waals surface area (Å²) < 4.78 is 0. The number of hydrogen-bond acceptors (Lipinski definition) is 3. The molecule has 1 heterocycles. The summed E-state index contributed by atoms with van der Waals surface area (Å²) >= 11 is 0. The average Bonchev–Trinajstić information content (AvgIpc) is 2.36. The molecule has 0 saturated carbocycles. The van der Waals surface area contributed by atoms with Crippen molar-refractivity contribution in [3.8, 4) is 0 Å². The van der Waals surface area contributed by atoms with Crippen LogP contribution in [0.3, 0.4) is 0 Å². The average molecular weight is 157 g/mol.